The van der Waals surface area contributed by atoms with Gasteiger partial charge in [-0.3, -0.25) is 4.68 Å². The highest BCUT2D eigenvalue weighted by molar-refractivity contribution is 6.31. The number of rotatable bonds is 7. The molecule has 4 nitrogen and oxygen atoms in total. The van der Waals surface area contributed by atoms with E-state index in [0.29, 0.717) is 5.02 Å². The Labute approximate surface area is 108 Å². The van der Waals surface area contributed by atoms with Gasteiger partial charge < -0.3 is 10.4 Å². The van der Waals surface area contributed by atoms with Crippen molar-refractivity contribution in [1.82, 2.24) is 15.1 Å². The molecule has 1 aromatic heterocycles. The molecule has 0 bridgehead atoms. The van der Waals surface area contributed by atoms with Gasteiger partial charge in [-0.05, 0) is 33.2 Å². The molecule has 1 rings (SSSR count). The Kier molecular flexibility index (Phi) is 5.43. The van der Waals surface area contributed by atoms with Crippen molar-refractivity contribution in [2.45, 2.75) is 45.7 Å². The average Bonchev–Trinajstić information content (AvgIpc) is 2.64. The lowest BCUT2D eigenvalue weighted by Crippen LogP contribution is -2.46. The van der Waals surface area contributed by atoms with Crippen LogP contribution in [0.4, 0.5) is 0 Å². The van der Waals surface area contributed by atoms with Crippen LogP contribution >= 0.6 is 11.6 Å². The van der Waals surface area contributed by atoms with E-state index in [4.69, 9.17) is 11.6 Å². The van der Waals surface area contributed by atoms with Crippen LogP contribution in [0.1, 0.15) is 32.4 Å². The molecule has 17 heavy (non-hydrogen) atoms. The van der Waals surface area contributed by atoms with E-state index < -0.39 is 0 Å². The monoisotopic (exact) mass is 259 g/mol. The Bertz CT molecular complexity index is 334. The highest BCUT2D eigenvalue weighted by Gasteiger charge is 2.22. The van der Waals surface area contributed by atoms with E-state index in [1.54, 1.807) is 0 Å². The van der Waals surface area contributed by atoms with E-state index >= 15 is 0 Å². The van der Waals surface area contributed by atoms with Crippen molar-refractivity contribution in [3.8, 4) is 0 Å². The lowest BCUT2D eigenvalue weighted by Gasteiger charge is -2.28. The van der Waals surface area contributed by atoms with Crippen LogP contribution in [0.15, 0.2) is 6.20 Å². The van der Waals surface area contributed by atoms with Gasteiger partial charge >= 0.3 is 0 Å². The summed E-state index contributed by atoms with van der Waals surface area (Å²) in [6, 6.07) is 0. The van der Waals surface area contributed by atoms with Gasteiger partial charge in [0.2, 0.25) is 0 Å². The van der Waals surface area contributed by atoms with Gasteiger partial charge in [0.25, 0.3) is 0 Å². The van der Waals surface area contributed by atoms with Crippen LogP contribution in [0.3, 0.4) is 0 Å². The molecule has 1 unspecified atom stereocenters. The fourth-order valence-electron chi connectivity index (χ4n) is 1.62. The van der Waals surface area contributed by atoms with Crippen molar-refractivity contribution >= 4 is 11.6 Å². The molecule has 0 aliphatic rings. The third-order valence-corrected chi connectivity index (χ3v) is 3.30. The van der Waals surface area contributed by atoms with Gasteiger partial charge in [0, 0.05) is 18.3 Å². The van der Waals surface area contributed by atoms with Crippen LogP contribution in [0.5, 0.6) is 0 Å². The molecule has 0 saturated heterocycles. The summed E-state index contributed by atoms with van der Waals surface area (Å²) in [4.78, 5) is 0. The average molecular weight is 260 g/mol. The number of aliphatic hydroxyl groups excluding tert-OH is 1. The second-order valence-electron chi connectivity index (χ2n) is 4.72. The summed E-state index contributed by atoms with van der Waals surface area (Å²) in [5.41, 5.74) is 0.599. The van der Waals surface area contributed by atoms with Crippen LogP contribution < -0.4 is 5.32 Å². The zero-order valence-corrected chi connectivity index (χ0v) is 11.6. The van der Waals surface area contributed by atoms with Gasteiger partial charge in [0.15, 0.2) is 0 Å². The maximum absolute atomic E-state index is 9.43. The molecule has 0 amide bonds. The van der Waals surface area contributed by atoms with Gasteiger partial charge in [0.05, 0.1) is 17.3 Å². The zero-order chi connectivity index (χ0) is 12.9. The molecule has 2 N–H and O–H groups in total. The summed E-state index contributed by atoms with van der Waals surface area (Å²) < 4.78 is 1.83. The van der Waals surface area contributed by atoms with Crippen molar-refractivity contribution in [3.63, 3.8) is 0 Å². The maximum Gasteiger partial charge on any atom is 0.0814 e. The first-order valence-corrected chi connectivity index (χ1v) is 6.44. The van der Waals surface area contributed by atoms with E-state index in [1.807, 2.05) is 24.7 Å². The summed E-state index contributed by atoms with van der Waals surface area (Å²) in [5, 5.41) is 17.8. The van der Waals surface area contributed by atoms with Crippen molar-refractivity contribution in [2.24, 2.45) is 0 Å². The van der Waals surface area contributed by atoms with E-state index in [1.165, 1.54) is 0 Å². The standard InChI is InChI=1S/C12H22ClN3O/c1-4-6-14-12(3,9-17)5-7-16-8-11(13)10(2)15-16/h8,14,17H,4-7,9H2,1-3H3. The first-order chi connectivity index (χ1) is 8.00. The summed E-state index contributed by atoms with van der Waals surface area (Å²) in [6.45, 7) is 7.82. The lowest BCUT2D eigenvalue weighted by molar-refractivity contribution is 0.160. The summed E-state index contributed by atoms with van der Waals surface area (Å²) in [6.07, 6.45) is 3.71. The molecule has 5 heteroatoms. The van der Waals surface area contributed by atoms with Crippen LogP contribution in [-0.2, 0) is 6.54 Å². The Morgan fingerprint density at radius 2 is 2.29 bits per heavy atom. The minimum Gasteiger partial charge on any atom is -0.394 e. The van der Waals surface area contributed by atoms with Crippen LogP contribution in [-0.4, -0.2) is 33.6 Å². The van der Waals surface area contributed by atoms with Crippen molar-refractivity contribution in [1.29, 1.82) is 0 Å². The Hall–Kier alpha value is -0.580. The SMILES string of the molecule is CCCNC(C)(CO)CCn1cc(Cl)c(C)n1. The molecule has 0 radical (unpaired) electrons. The second kappa shape index (κ2) is 6.38. The topological polar surface area (TPSA) is 50.1 Å². The van der Waals surface area contributed by atoms with Gasteiger partial charge in [-0.1, -0.05) is 18.5 Å². The predicted molar refractivity (Wildman–Crippen MR) is 70.4 cm³/mol. The molecule has 0 aliphatic heterocycles. The van der Waals surface area contributed by atoms with Crippen LogP contribution in [0, 0.1) is 6.92 Å². The van der Waals surface area contributed by atoms with E-state index in [9.17, 15) is 5.11 Å². The molecule has 98 valence electrons. The molecular weight excluding hydrogens is 238 g/mol. The molecule has 0 aliphatic carbocycles. The first kappa shape index (κ1) is 14.5. The van der Waals surface area contributed by atoms with Crippen molar-refractivity contribution in [2.75, 3.05) is 13.2 Å². The first-order valence-electron chi connectivity index (χ1n) is 6.06. The lowest BCUT2D eigenvalue weighted by atomic mass is 9.99. The Balaban J connectivity index is 2.52. The Morgan fingerprint density at radius 1 is 1.59 bits per heavy atom. The van der Waals surface area contributed by atoms with Crippen molar-refractivity contribution in [3.05, 3.63) is 16.9 Å². The second-order valence-corrected chi connectivity index (χ2v) is 5.13. The molecule has 1 heterocycles. The Morgan fingerprint density at radius 3 is 2.76 bits per heavy atom. The smallest absolute Gasteiger partial charge is 0.0814 e. The molecular formula is C12H22ClN3O. The van der Waals surface area contributed by atoms with Gasteiger partial charge in [-0.15, -0.1) is 0 Å². The quantitative estimate of drug-likeness (QED) is 0.787. The summed E-state index contributed by atoms with van der Waals surface area (Å²) >= 11 is 5.95. The number of halogens is 1. The number of nitrogens with one attached hydrogen (secondary N) is 1. The van der Waals surface area contributed by atoms with E-state index in [0.717, 1.165) is 31.6 Å². The van der Waals surface area contributed by atoms with Gasteiger partial charge in [-0.2, -0.15) is 5.10 Å². The predicted octanol–water partition coefficient (Wildman–Crippen LogP) is 1.99. The largest absolute Gasteiger partial charge is 0.394 e. The maximum atomic E-state index is 9.43. The van der Waals surface area contributed by atoms with Crippen molar-refractivity contribution < 1.29 is 5.11 Å². The fourth-order valence-corrected chi connectivity index (χ4v) is 1.77. The number of aryl methyl sites for hydroxylation is 2. The number of hydrogen-bond donors (Lipinski definition) is 2. The zero-order valence-electron chi connectivity index (χ0n) is 10.8. The number of aliphatic hydroxyl groups is 1. The normalized spacial score (nSPS) is 14.9. The number of nitrogens with zero attached hydrogens (tertiary/aromatic N) is 2. The number of aromatic nitrogens is 2. The molecule has 0 aromatic carbocycles. The van der Waals surface area contributed by atoms with Gasteiger partial charge in [-0.25, -0.2) is 0 Å². The molecule has 0 spiro atoms. The van der Waals surface area contributed by atoms with E-state index in [2.05, 4.69) is 17.3 Å². The fraction of sp³-hybridized carbons (Fsp3) is 0.750. The van der Waals surface area contributed by atoms with Crippen LogP contribution in [0.2, 0.25) is 5.02 Å². The molecule has 1 atom stereocenters. The highest BCUT2D eigenvalue weighted by atomic mass is 35.5. The van der Waals surface area contributed by atoms with E-state index in [-0.39, 0.29) is 12.1 Å². The summed E-state index contributed by atoms with van der Waals surface area (Å²) in [7, 11) is 0. The van der Waals surface area contributed by atoms with Gasteiger partial charge in [0.1, 0.15) is 0 Å². The molecule has 0 fully saturated rings. The highest BCUT2D eigenvalue weighted by Crippen LogP contribution is 2.15. The molecule has 1 aromatic rings. The minimum atomic E-state index is -0.248. The third-order valence-electron chi connectivity index (χ3n) is 2.93. The minimum absolute atomic E-state index is 0.126. The summed E-state index contributed by atoms with van der Waals surface area (Å²) in [5.74, 6) is 0. The third kappa shape index (κ3) is 4.30. The number of hydrogen-bond acceptors (Lipinski definition) is 3. The molecule has 0 saturated carbocycles. The van der Waals surface area contributed by atoms with Crippen LogP contribution in [0.25, 0.3) is 0 Å².